The molecule has 0 saturated heterocycles. The average molecular weight is 252 g/mol. The Morgan fingerprint density at radius 1 is 1.65 bits per heavy atom. The highest BCUT2D eigenvalue weighted by Gasteiger charge is 2.15. The molecule has 1 aromatic carbocycles. The predicted molar refractivity (Wildman–Crippen MR) is 68.4 cm³/mol. The van der Waals surface area contributed by atoms with Gasteiger partial charge < -0.3 is 10.1 Å². The molecule has 1 atom stereocenters. The van der Waals surface area contributed by atoms with Gasteiger partial charge >= 0.3 is 0 Å². The first kappa shape index (κ1) is 13.4. The maximum atomic E-state index is 12.0. The summed E-state index contributed by atoms with van der Waals surface area (Å²) in [4.78, 5) is 12.0. The van der Waals surface area contributed by atoms with Gasteiger partial charge in [-0.05, 0) is 24.6 Å². The molecule has 0 saturated carbocycles. The largest absolute Gasteiger partial charge is 0.496 e. The normalized spacial score (nSPS) is 11.4. The summed E-state index contributed by atoms with van der Waals surface area (Å²) < 4.78 is 5.10. The Labute approximate surface area is 106 Å². The van der Waals surface area contributed by atoms with Crippen LogP contribution in [0.1, 0.15) is 23.7 Å². The Morgan fingerprint density at radius 2 is 2.35 bits per heavy atom. The van der Waals surface area contributed by atoms with Crippen LogP contribution in [0.3, 0.4) is 0 Å². The Morgan fingerprint density at radius 3 is 2.88 bits per heavy atom. The predicted octanol–water partition coefficient (Wildman–Crippen LogP) is 2.49. The Balaban J connectivity index is 2.95. The molecular weight excluding hydrogens is 238 g/mol. The van der Waals surface area contributed by atoms with Gasteiger partial charge in [0.15, 0.2) is 0 Å². The summed E-state index contributed by atoms with van der Waals surface area (Å²) in [6.45, 7) is 1.90. The zero-order valence-corrected chi connectivity index (χ0v) is 10.5. The monoisotopic (exact) mass is 251 g/mol. The van der Waals surface area contributed by atoms with Crippen molar-refractivity contribution in [2.24, 2.45) is 0 Å². The number of rotatable bonds is 4. The molecule has 1 rings (SSSR count). The van der Waals surface area contributed by atoms with Crippen LogP contribution in [0.2, 0.25) is 5.02 Å². The number of hydrogen-bond donors (Lipinski definition) is 1. The van der Waals surface area contributed by atoms with E-state index in [0.29, 0.717) is 22.8 Å². The number of amides is 1. The van der Waals surface area contributed by atoms with Crippen LogP contribution in [0.5, 0.6) is 5.75 Å². The zero-order chi connectivity index (χ0) is 12.8. The molecule has 0 heterocycles. The van der Waals surface area contributed by atoms with Crippen LogP contribution in [0, 0.1) is 12.3 Å². The van der Waals surface area contributed by atoms with Gasteiger partial charge in [-0.1, -0.05) is 24.4 Å². The molecule has 0 spiro atoms. The van der Waals surface area contributed by atoms with Gasteiger partial charge in [0, 0.05) is 5.02 Å². The van der Waals surface area contributed by atoms with E-state index in [2.05, 4.69) is 11.2 Å². The van der Waals surface area contributed by atoms with E-state index >= 15 is 0 Å². The SMILES string of the molecule is C#CC(CC)NC(=O)c1cc(Cl)ccc1OC. The summed E-state index contributed by atoms with van der Waals surface area (Å²) in [7, 11) is 1.50. The van der Waals surface area contributed by atoms with E-state index in [1.807, 2.05) is 6.92 Å². The molecule has 3 nitrogen and oxygen atoms in total. The van der Waals surface area contributed by atoms with Gasteiger partial charge in [0.2, 0.25) is 0 Å². The molecule has 1 unspecified atom stereocenters. The lowest BCUT2D eigenvalue weighted by molar-refractivity contribution is 0.0942. The van der Waals surface area contributed by atoms with Gasteiger partial charge in [0.1, 0.15) is 5.75 Å². The molecular formula is C13H14ClNO2. The third-order valence-corrected chi connectivity index (χ3v) is 2.56. The molecule has 0 aliphatic carbocycles. The standard InChI is InChI=1S/C13H14ClNO2/c1-4-10(5-2)15-13(16)11-8-9(14)6-7-12(11)17-3/h1,6-8,10H,5H2,2-3H3,(H,15,16). The third-order valence-electron chi connectivity index (χ3n) is 2.32. The first-order valence-corrected chi connectivity index (χ1v) is 5.60. The van der Waals surface area contributed by atoms with E-state index in [9.17, 15) is 4.79 Å². The second-order valence-electron chi connectivity index (χ2n) is 3.45. The molecule has 90 valence electrons. The van der Waals surface area contributed by atoms with Crippen molar-refractivity contribution in [1.82, 2.24) is 5.32 Å². The van der Waals surface area contributed by atoms with Crippen molar-refractivity contribution < 1.29 is 9.53 Å². The highest BCUT2D eigenvalue weighted by Crippen LogP contribution is 2.22. The van der Waals surface area contributed by atoms with Crippen LogP contribution in [0.25, 0.3) is 0 Å². The van der Waals surface area contributed by atoms with Crippen LogP contribution in [0.4, 0.5) is 0 Å². The van der Waals surface area contributed by atoms with Crippen LogP contribution >= 0.6 is 11.6 Å². The smallest absolute Gasteiger partial charge is 0.256 e. The van der Waals surface area contributed by atoms with Crippen LogP contribution < -0.4 is 10.1 Å². The van der Waals surface area contributed by atoms with E-state index in [0.717, 1.165) is 0 Å². The van der Waals surface area contributed by atoms with Crippen molar-refractivity contribution in [2.45, 2.75) is 19.4 Å². The van der Waals surface area contributed by atoms with Crippen molar-refractivity contribution in [2.75, 3.05) is 7.11 Å². The summed E-state index contributed by atoms with van der Waals surface area (Å²) in [6.07, 6.45) is 5.96. The molecule has 0 aliphatic rings. The number of ether oxygens (including phenoxy) is 1. The molecule has 1 aromatic rings. The topological polar surface area (TPSA) is 38.3 Å². The number of methoxy groups -OCH3 is 1. The third kappa shape index (κ3) is 3.40. The van der Waals surface area contributed by atoms with Crippen molar-refractivity contribution in [3.63, 3.8) is 0 Å². The van der Waals surface area contributed by atoms with E-state index in [1.165, 1.54) is 7.11 Å². The number of carbonyl (C=O) groups excluding carboxylic acids is 1. The fourth-order valence-corrected chi connectivity index (χ4v) is 1.53. The number of hydrogen-bond acceptors (Lipinski definition) is 2. The van der Waals surface area contributed by atoms with Gasteiger partial charge in [-0.15, -0.1) is 6.42 Å². The zero-order valence-electron chi connectivity index (χ0n) is 9.79. The van der Waals surface area contributed by atoms with Crippen molar-refractivity contribution >= 4 is 17.5 Å². The van der Waals surface area contributed by atoms with Crippen molar-refractivity contribution in [3.05, 3.63) is 28.8 Å². The number of benzene rings is 1. The quantitative estimate of drug-likeness (QED) is 0.835. The summed E-state index contributed by atoms with van der Waals surface area (Å²) in [5.74, 6) is 2.69. The molecule has 0 aromatic heterocycles. The highest BCUT2D eigenvalue weighted by atomic mass is 35.5. The lowest BCUT2D eigenvalue weighted by Gasteiger charge is -2.13. The molecule has 0 aliphatic heterocycles. The van der Waals surface area contributed by atoms with Gasteiger partial charge in [-0.3, -0.25) is 4.79 Å². The number of carbonyl (C=O) groups is 1. The van der Waals surface area contributed by atoms with Crippen LogP contribution in [-0.4, -0.2) is 19.1 Å². The minimum Gasteiger partial charge on any atom is -0.496 e. The molecule has 0 fully saturated rings. The van der Waals surface area contributed by atoms with E-state index in [-0.39, 0.29) is 11.9 Å². The summed E-state index contributed by atoms with van der Waals surface area (Å²) in [5.41, 5.74) is 0.383. The summed E-state index contributed by atoms with van der Waals surface area (Å²) in [5, 5.41) is 3.20. The van der Waals surface area contributed by atoms with Gasteiger partial charge in [0.05, 0.1) is 18.7 Å². The first-order chi connectivity index (χ1) is 8.12. The van der Waals surface area contributed by atoms with Crippen molar-refractivity contribution in [1.29, 1.82) is 0 Å². The number of halogens is 1. The second kappa shape index (κ2) is 6.17. The maximum Gasteiger partial charge on any atom is 0.256 e. The Hall–Kier alpha value is -1.66. The Bertz CT molecular complexity index is 451. The lowest BCUT2D eigenvalue weighted by atomic mass is 10.1. The fourth-order valence-electron chi connectivity index (χ4n) is 1.36. The number of nitrogens with one attached hydrogen (secondary N) is 1. The van der Waals surface area contributed by atoms with E-state index in [1.54, 1.807) is 18.2 Å². The highest BCUT2D eigenvalue weighted by molar-refractivity contribution is 6.31. The summed E-state index contributed by atoms with van der Waals surface area (Å²) in [6, 6.07) is 4.58. The molecule has 17 heavy (non-hydrogen) atoms. The van der Waals surface area contributed by atoms with E-state index < -0.39 is 0 Å². The van der Waals surface area contributed by atoms with Crippen LogP contribution in [-0.2, 0) is 0 Å². The lowest BCUT2D eigenvalue weighted by Crippen LogP contribution is -2.33. The molecule has 4 heteroatoms. The van der Waals surface area contributed by atoms with Gasteiger partial charge in [0.25, 0.3) is 5.91 Å². The van der Waals surface area contributed by atoms with E-state index in [4.69, 9.17) is 22.8 Å². The average Bonchev–Trinajstić information content (AvgIpc) is 2.35. The molecule has 0 bridgehead atoms. The maximum absolute atomic E-state index is 12.0. The molecule has 1 amide bonds. The second-order valence-corrected chi connectivity index (χ2v) is 3.88. The van der Waals surface area contributed by atoms with Gasteiger partial charge in [-0.2, -0.15) is 0 Å². The minimum atomic E-state index is -0.286. The Kier molecular flexibility index (Phi) is 4.86. The first-order valence-electron chi connectivity index (χ1n) is 5.22. The molecule has 0 radical (unpaired) electrons. The van der Waals surface area contributed by atoms with Crippen molar-refractivity contribution in [3.8, 4) is 18.1 Å². The minimum absolute atomic E-state index is 0.283. The number of terminal acetylenes is 1. The fraction of sp³-hybridized carbons (Fsp3) is 0.308. The summed E-state index contributed by atoms with van der Waals surface area (Å²) >= 11 is 5.85. The molecule has 1 N–H and O–H groups in total. The van der Waals surface area contributed by atoms with Crippen LogP contribution in [0.15, 0.2) is 18.2 Å². The van der Waals surface area contributed by atoms with Gasteiger partial charge in [-0.25, -0.2) is 0 Å².